The van der Waals surface area contributed by atoms with Gasteiger partial charge in [-0.25, -0.2) is 9.18 Å². The summed E-state index contributed by atoms with van der Waals surface area (Å²) < 4.78 is 19.5. The highest BCUT2D eigenvalue weighted by atomic mass is 35.5. The van der Waals surface area contributed by atoms with Crippen molar-refractivity contribution >= 4 is 23.5 Å². The molecule has 2 aromatic carbocycles. The van der Waals surface area contributed by atoms with Gasteiger partial charge < -0.3 is 15.2 Å². The molecular weight excluding hydrogens is 349 g/mol. The fourth-order valence-electron chi connectivity index (χ4n) is 2.33. The Bertz CT molecular complexity index is 781. The van der Waals surface area contributed by atoms with E-state index < -0.39 is 23.5 Å². The molecule has 0 aliphatic carbocycles. The predicted molar refractivity (Wildman–Crippen MR) is 91.3 cm³/mol. The number of aromatic carboxylic acids is 1. The lowest BCUT2D eigenvalue weighted by Gasteiger charge is -2.20. The molecule has 0 aliphatic heterocycles. The highest BCUT2D eigenvalue weighted by molar-refractivity contribution is 6.30. The number of ether oxygens (including phenoxy) is 1. The third-order valence-electron chi connectivity index (χ3n) is 3.44. The third-order valence-corrected chi connectivity index (χ3v) is 3.67. The summed E-state index contributed by atoms with van der Waals surface area (Å²) in [4.78, 5) is 22.1. The fourth-order valence-corrected chi connectivity index (χ4v) is 2.53. The van der Waals surface area contributed by atoms with E-state index in [9.17, 15) is 14.0 Å². The van der Waals surface area contributed by atoms with E-state index in [1.54, 1.807) is 24.3 Å². The first kappa shape index (κ1) is 18.9. The molecule has 2 N–H and O–H groups in total. The lowest BCUT2D eigenvalue weighted by atomic mass is 9.99. The average Bonchev–Trinajstić information content (AvgIpc) is 2.55. The van der Waals surface area contributed by atoms with E-state index in [-0.39, 0.29) is 12.5 Å². The predicted octanol–water partition coefficient (Wildman–Crippen LogP) is 3.42. The molecule has 1 unspecified atom stereocenters. The molecule has 0 saturated heterocycles. The molecule has 0 bridgehead atoms. The van der Waals surface area contributed by atoms with Gasteiger partial charge >= 0.3 is 5.97 Å². The van der Waals surface area contributed by atoms with Crippen LogP contribution in [0.4, 0.5) is 4.39 Å². The smallest absolute Gasteiger partial charge is 0.338 e. The maximum absolute atomic E-state index is 13.7. The average molecular weight is 366 g/mol. The number of hydrogen-bond acceptors (Lipinski definition) is 3. The zero-order chi connectivity index (χ0) is 18.4. The number of halogens is 2. The van der Waals surface area contributed by atoms with Gasteiger partial charge in [0.05, 0.1) is 12.2 Å². The molecule has 0 aliphatic rings. The number of carboxylic acid groups (broad SMARTS) is 1. The Morgan fingerprint density at radius 3 is 2.60 bits per heavy atom. The summed E-state index contributed by atoms with van der Waals surface area (Å²) >= 11 is 6.02. The minimum absolute atomic E-state index is 0.183. The molecule has 0 radical (unpaired) electrons. The molecule has 2 aromatic rings. The summed E-state index contributed by atoms with van der Waals surface area (Å²) in [6.07, 6.45) is -0.647. The number of carboxylic acids is 1. The summed E-state index contributed by atoms with van der Waals surface area (Å²) in [5.74, 6) is -2.36. The zero-order valence-corrected chi connectivity index (χ0v) is 14.2. The molecule has 25 heavy (non-hydrogen) atoms. The maximum atomic E-state index is 13.7. The third kappa shape index (κ3) is 5.27. The standard InChI is InChI=1S/C18H17ClFNO4/c1-11(22)21-7-8-25-17(12-3-2-4-14(19)9-12)13-5-6-16(20)15(10-13)18(23)24/h2-6,9-10,17H,7-8H2,1H3,(H,21,22)(H,23,24). The van der Waals surface area contributed by atoms with E-state index in [4.69, 9.17) is 21.4 Å². The van der Waals surface area contributed by atoms with E-state index in [0.29, 0.717) is 22.7 Å². The van der Waals surface area contributed by atoms with E-state index in [1.165, 1.54) is 19.1 Å². The van der Waals surface area contributed by atoms with E-state index in [2.05, 4.69) is 5.32 Å². The molecule has 0 fully saturated rings. The molecule has 1 amide bonds. The summed E-state index contributed by atoms with van der Waals surface area (Å²) in [6, 6.07) is 10.7. The summed E-state index contributed by atoms with van der Waals surface area (Å²) in [6.45, 7) is 1.88. The molecule has 0 aromatic heterocycles. The highest BCUT2D eigenvalue weighted by Crippen LogP contribution is 2.29. The quantitative estimate of drug-likeness (QED) is 0.737. The Labute approximate surface area is 149 Å². The van der Waals surface area contributed by atoms with Gasteiger partial charge in [0.25, 0.3) is 0 Å². The number of rotatable bonds is 7. The van der Waals surface area contributed by atoms with Crippen LogP contribution < -0.4 is 5.32 Å². The Kier molecular flexibility index (Phi) is 6.50. The van der Waals surface area contributed by atoms with Crippen LogP contribution in [0.3, 0.4) is 0 Å². The molecule has 0 heterocycles. The van der Waals surface area contributed by atoms with Crippen LogP contribution in [0.15, 0.2) is 42.5 Å². The van der Waals surface area contributed by atoms with Crippen LogP contribution >= 0.6 is 11.6 Å². The maximum Gasteiger partial charge on any atom is 0.338 e. The van der Waals surface area contributed by atoms with Crippen LogP contribution in [0.5, 0.6) is 0 Å². The molecule has 5 nitrogen and oxygen atoms in total. The SMILES string of the molecule is CC(=O)NCCOC(c1cccc(Cl)c1)c1ccc(F)c(C(=O)O)c1. The highest BCUT2D eigenvalue weighted by Gasteiger charge is 2.19. The minimum atomic E-state index is -1.36. The molecule has 1 atom stereocenters. The summed E-state index contributed by atoms with van der Waals surface area (Å²) in [5, 5.41) is 12.2. The van der Waals surface area contributed by atoms with Gasteiger partial charge in [0.2, 0.25) is 5.91 Å². The van der Waals surface area contributed by atoms with Crippen molar-refractivity contribution in [2.75, 3.05) is 13.2 Å². The lowest BCUT2D eigenvalue weighted by molar-refractivity contribution is -0.119. The Balaban J connectivity index is 2.32. The number of hydrogen-bond donors (Lipinski definition) is 2. The Hall–Kier alpha value is -2.44. The number of benzene rings is 2. The lowest BCUT2D eigenvalue weighted by Crippen LogP contribution is -2.25. The zero-order valence-electron chi connectivity index (χ0n) is 13.5. The number of carbonyl (C=O) groups excluding carboxylic acids is 1. The van der Waals surface area contributed by atoms with Gasteiger partial charge in [0.15, 0.2) is 0 Å². The van der Waals surface area contributed by atoms with E-state index in [0.717, 1.165) is 6.07 Å². The summed E-state index contributed by atoms with van der Waals surface area (Å²) in [5.41, 5.74) is 0.733. The van der Waals surface area contributed by atoms with Crippen LogP contribution in [0.2, 0.25) is 5.02 Å². The van der Waals surface area contributed by atoms with Crippen molar-refractivity contribution in [1.82, 2.24) is 5.32 Å². The molecular formula is C18H17ClFNO4. The Morgan fingerprint density at radius 1 is 1.24 bits per heavy atom. The van der Waals surface area contributed by atoms with Gasteiger partial charge in [0, 0.05) is 18.5 Å². The normalized spacial score (nSPS) is 11.8. The van der Waals surface area contributed by atoms with Gasteiger partial charge in [-0.05, 0) is 35.4 Å². The van der Waals surface area contributed by atoms with Gasteiger partial charge in [-0.1, -0.05) is 29.8 Å². The van der Waals surface area contributed by atoms with Crippen molar-refractivity contribution < 1.29 is 23.8 Å². The summed E-state index contributed by atoms with van der Waals surface area (Å²) in [7, 11) is 0. The van der Waals surface area contributed by atoms with Gasteiger partial charge in [0.1, 0.15) is 11.9 Å². The first-order chi connectivity index (χ1) is 11.9. The minimum Gasteiger partial charge on any atom is -0.478 e. The fraction of sp³-hybridized carbons (Fsp3) is 0.222. The van der Waals surface area contributed by atoms with Gasteiger partial charge in [-0.3, -0.25) is 4.79 Å². The van der Waals surface area contributed by atoms with Crippen molar-refractivity contribution in [2.24, 2.45) is 0 Å². The van der Waals surface area contributed by atoms with Crippen LogP contribution in [-0.4, -0.2) is 30.1 Å². The van der Waals surface area contributed by atoms with E-state index >= 15 is 0 Å². The van der Waals surface area contributed by atoms with Crippen LogP contribution in [0.1, 0.15) is 34.5 Å². The van der Waals surface area contributed by atoms with Crippen molar-refractivity contribution in [2.45, 2.75) is 13.0 Å². The number of amides is 1. The van der Waals surface area contributed by atoms with Gasteiger partial charge in [-0.2, -0.15) is 0 Å². The topological polar surface area (TPSA) is 75.6 Å². The molecule has 7 heteroatoms. The van der Waals surface area contributed by atoms with Crippen LogP contribution in [-0.2, 0) is 9.53 Å². The first-order valence-electron chi connectivity index (χ1n) is 7.52. The Morgan fingerprint density at radius 2 is 1.96 bits per heavy atom. The van der Waals surface area contributed by atoms with Crippen LogP contribution in [0, 0.1) is 5.82 Å². The second-order valence-corrected chi connectivity index (χ2v) is 5.77. The van der Waals surface area contributed by atoms with Crippen molar-refractivity contribution in [1.29, 1.82) is 0 Å². The van der Waals surface area contributed by atoms with Crippen molar-refractivity contribution in [3.63, 3.8) is 0 Å². The first-order valence-corrected chi connectivity index (χ1v) is 7.90. The number of carbonyl (C=O) groups is 2. The molecule has 0 spiro atoms. The second kappa shape index (κ2) is 8.60. The molecule has 132 valence electrons. The molecule has 0 saturated carbocycles. The molecule has 2 rings (SSSR count). The second-order valence-electron chi connectivity index (χ2n) is 5.33. The van der Waals surface area contributed by atoms with Crippen molar-refractivity contribution in [3.05, 3.63) is 70.0 Å². The van der Waals surface area contributed by atoms with E-state index in [1.807, 2.05) is 0 Å². The van der Waals surface area contributed by atoms with Crippen LogP contribution in [0.25, 0.3) is 0 Å². The monoisotopic (exact) mass is 365 g/mol. The van der Waals surface area contributed by atoms with Crippen molar-refractivity contribution in [3.8, 4) is 0 Å². The van der Waals surface area contributed by atoms with Gasteiger partial charge in [-0.15, -0.1) is 0 Å². The largest absolute Gasteiger partial charge is 0.478 e. The number of nitrogens with one attached hydrogen (secondary N) is 1.